The van der Waals surface area contributed by atoms with Crippen LogP contribution in [0.5, 0.6) is 5.75 Å². The number of nitriles is 1. The van der Waals surface area contributed by atoms with E-state index in [1.54, 1.807) is 12.1 Å². The number of rotatable bonds is 1. The maximum Gasteiger partial charge on any atom is 0.147 e. The summed E-state index contributed by atoms with van der Waals surface area (Å²) in [6.45, 7) is 0. The summed E-state index contributed by atoms with van der Waals surface area (Å²) in [6, 6.07) is 5.37. The van der Waals surface area contributed by atoms with Gasteiger partial charge in [-0.1, -0.05) is 0 Å². The SMILES string of the molecule is [CH2]Oc1c(Br)cc(C#N)cc1Br. The lowest BCUT2D eigenvalue weighted by molar-refractivity contribution is 0.467. The van der Waals surface area contributed by atoms with Crippen molar-refractivity contribution in [3.8, 4) is 11.8 Å². The zero-order chi connectivity index (χ0) is 9.14. The smallest absolute Gasteiger partial charge is 0.147 e. The molecule has 0 aliphatic heterocycles. The predicted molar refractivity (Wildman–Crippen MR) is 52.5 cm³/mol. The van der Waals surface area contributed by atoms with Crippen LogP contribution in [-0.4, -0.2) is 0 Å². The molecule has 2 nitrogen and oxygen atoms in total. The molecule has 0 unspecified atom stereocenters. The Morgan fingerprint density at radius 1 is 1.33 bits per heavy atom. The summed E-state index contributed by atoms with van der Waals surface area (Å²) in [7, 11) is 3.29. The quantitative estimate of drug-likeness (QED) is 0.795. The first-order valence-electron chi connectivity index (χ1n) is 3.00. The first kappa shape index (κ1) is 9.56. The largest absolute Gasteiger partial charge is 0.488 e. The van der Waals surface area contributed by atoms with Crippen LogP contribution in [-0.2, 0) is 0 Å². The van der Waals surface area contributed by atoms with Crippen molar-refractivity contribution in [3.05, 3.63) is 33.8 Å². The Kier molecular flexibility index (Phi) is 3.12. The Hall–Kier alpha value is -0.530. The fourth-order valence-electron chi connectivity index (χ4n) is 0.762. The van der Waals surface area contributed by atoms with Crippen molar-refractivity contribution in [2.24, 2.45) is 0 Å². The Bertz CT molecular complexity index is 320. The Morgan fingerprint density at radius 2 is 1.83 bits per heavy atom. The molecule has 0 amide bonds. The van der Waals surface area contributed by atoms with Crippen LogP contribution in [0.4, 0.5) is 0 Å². The molecule has 1 aromatic rings. The van der Waals surface area contributed by atoms with Crippen LogP contribution >= 0.6 is 31.9 Å². The average Bonchev–Trinajstić information content (AvgIpc) is 2.03. The third-order valence-electron chi connectivity index (χ3n) is 1.27. The molecule has 12 heavy (non-hydrogen) atoms. The van der Waals surface area contributed by atoms with E-state index >= 15 is 0 Å². The number of halogens is 2. The van der Waals surface area contributed by atoms with E-state index in [-0.39, 0.29) is 0 Å². The van der Waals surface area contributed by atoms with Gasteiger partial charge in [-0.2, -0.15) is 5.26 Å². The molecule has 0 aliphatic rings. The van der Waals surface area contributed by atoms with Crippen LogP contribution < -0.4 is 4.74 Å². The minimum atomic E-state index is 0.564. The summed E-state index contributed by atoms with van der Waals surface area (Å²) in [5.74, 6) is 0.592. The second-order valence-electron chi connectivity index (χ2n) is 2.03. The number of hydrogen-bond acceptors (Lipinski definition) is 2. The Morgan fingerprint density at radius 3 is 2.17 bits per heavy atom. The van der Waals surface area contributed by atoms with Crippen LogP contribution in [0.1, 0.15) is 5.56 Å². The zero-order valence-electron chi connectivity index (χ0n) is 5.97. The number of benzene rings is 1. The van der Waals surface area contributed by atoms with Crippen molar-refractivity contribution in [1.29, 1.82) is 5.26 Å². The lowest BCUT2D eigenvalue weighted by Crippen LogP contribution is -1.85. The fourth-order valence-corrected chi connectivity index (χ4v) is 2.18. The topological polar surface area (TPSA) is 33.0 Å². The maximum absolute atomic E-state index is 8.60. The highest BCUT2D eigenvalue weighted by molar-refractivity contribution is 9.11. The summed E-state index contributed by atoms with van der Waals surface area (Å²) in [5, 5.41) is 8.60. The molecule has 4 heteroatoms. The van der Waals surface area contributed by atoms with E-state index in [1.165, 1.54) is 0 Å². The molecule has 1 aromatic carbocycles. The number of hydrogen-bond donors (Lipinski definition) is 0. The minimum Gasteiger partial charge on any atom is -0.488 e. The van der Waals surface area contributed by atoms with E-state index in [9.17, 15) is 0 Å². The molecule has 0 saturated carbocycles. The molecular weight excluding hydrogens is 286 g/mol. The van der Waals surface area contributed by atoms with Gasteiger partial charge in [0.2, 0.25) is 0 Å². The molecule has 0 atom stereocenters. The van der Waals surface area contributed by atoms with Crippen molar-refractivity contribution < 1.29 is 4.74 Å². The summed E-state index contributed by atoms with van der Waals surface area (Å²) >= 11 is 6.51. The van der Waals surface area contributed by atoms with Gasteiger partial charge in [0.15, 0.2) is 0 Å². The van der Waals surface area contributed by atoms with Gasteiger partial charge in [0.05, 0.1) is 20.6 Å². The van der Waals surface area contributed by atoms with Gasteiger partial charge >= 0.3 is 0 Å². The van der Waals surface area contributed by atoms with Gasteiger partial charge in [0.1, 0.15) is 12.9 Å². The molecule has 1 rings (SSSR count). The molecule has 0 spiro atoms. The number of ether oxygens (including phenoxy) is 1. The highest BCUT2D eigenvalue weighted by atomic mass is 79.9. The van der Waals surface area contributed by atoms with Crippen molar-refractivity contribution in [2.75, 3.05) is 0 Å². The van der Waals surface area contributed by atoms with Gasteiger partial charge in [-0.3, -0.25) is 0 Å². The molecule has 0 heterocycles. The van der Waals surface area contributed by atoms with Crippen molar-refractivity contribution in [2.45, 2.75) is 0 Å². The van der Waals surface area contributed by atoms with Gasteiger partial charge in [0.25, 0.3) is 0 Å². The summed E-state index contributed by atoms with van der Waals surface area (Å²) in [5.41, 5.74) is 0.564. The highest BCUT2D eigenvalue weighted by Gasteiger charge is 2.06. The van der Waals surface area contributed by atoms with Gasteiger partial charge in [-0.05, 0) is 44.0 Å². The predicted octanol–water partition coefficient (Wildman–Crippen LogP) is 3.25. The highest BCUT2D eigenvalue weighted by Crippen LogP contribution is 2.34. The Labute approximate surface area is 87.4 Å². The second-order valence-corrected chi connectivity index (χ2v) is 3.73. The normalized spacial score (nSPS) is 9.17. The standard InChI is InChI=1S/C8H4Br2NO/c1-12-8-6(9)2-5(4-11)3-7(8)10/h2-3H,1H2. The van der Waals surface area contributed by atoms with Crippen molar-refractivity contribution in [3.63, 3.8) is 0 Å². The zero-order valence-corrected chi connectivity index (χ0v) is 9.15. The monoisotopic (exact) mass is 288 g/mol. The van der Waals surface area contributed by atoms with Crippen LogP contribution in [0.25, 0.3) is 0 Å². The van der Waals surface area contributed by atoms with Crippen LogP contribution in [0.3, 0.4) is 0 Å². The van der Waals surface area contributed by atoms with E-state index in [4.69, 9.17) is 10.00 Å². The van der Waals surface area contributed by atoms with Gasteiger partial charge in [-0.25, -0.2) is 0 Å². The van der Waals surface area contributed by atoms with Gasteiger partial charge in [-0.15, -0.1) is 0 Å². The van der Waals surface area contributed by atoms with E-state index in [2.05, 4.69) is 39.0 Å². The molecule has 0 aliphatic carbocycles. The second kappa shape index (κ2) is 3.92. The Balaban J connectivity index is 3.30. The maximum atomic E-state index is 8.60. The van der Waals surface area contributed by atoms with E-state index in [0.717, 1.165) is 0 Å². The lowest BCUT2D eigenvalue weighted by atomic mass is 10.2. The molecule has 0 N–H and O–H groups in total. The molecule has 0 saturated heterocycles. The van der Waals surface area contributed by atoms with Gasteiger partial charge < -0.3 is 4.74 Å². The third-order valence-corrected chi connectivity index (χ3v) is 2.45. The summed E-state index contributed by atoms with van der Waals surface area (Å²) in [6.07, 6.45) is 0. The van der Waals surface area contributed by atoms with Crippen LogP contribution in [0.2, 0.25) is 0 Å². The number of nitrogens with zero attached hydrogens (tertiary/aromatic N) is 1. The van der Waals surface area contributed by atoms with Crippen molar-refractivity contribution >= 4 is 31.9 Å². The minimum absolute atomic E-state index is 0.564. The van der Waals surface area contributed by atoms with E-state index < -0.39 is 0 Å². The van der Waals surface area contributed by atoms with Crippen molar-refractivity contribution in [1.82, 2.24) is 0 Å². The molecule has 1 radical (unpaired) electrons. The van der Waals surface area contributed by atoms with E-state index in [1.807, 2.05) is 6.07 Å². The summed E-state index contributed by atoms with van der Waals surface area (Å²) < 4.78 is 6.25. The fraction of sp³-hybridized carbons (Fsp3) is 0. The van der Waals surface area contributed by atoms with Crippen LogP contribution in [0.15, 0.2) is 21.1 Å². The molecule has 0 aromatic heterocycles. The average molecular weight is 290 g/mol. The van der Waals surface area contributed by atoms with Crippen LogP contribution in [0, 0.1) is 18.4 Å². The molecule has 0 bridgehead atoms. The van der Waals surface area contributed by atoms with Gasteiger partial charge in [0, 0.05) is 0 Å². The van der Waals surface area contributed by atoms with E-state index in [0.29, 0.717) is 20.3 Å². The summed E-state index contributed by atoms with van der Waals surface area (Å²) in [4.78, 5) is 0. The first-order chi connectivity index (χ1) is 5.69. The lowest BCUT2D eigenvalue weighted by Gasteiger charge is -2.04. The first-order valence-corrected chi connectivity index (χ1v) is 4.59. The third kappa shape index (κ3) is 1.79. The molecule has 61 valence electrons. The molecule has 0 fully saturated rings. The molecular formula is C8H4Br2NO.